The molecule has 1 aliphatic heterocycles. The molecule has 1 N–H and O–H groups in total. The summed E-state index contributed by atoms with van der Waals surface area (Å²) in [5, 5.41) is 3.35. The Balaban J connectivity index is 2.19. The molecule has 1 saturated heterocycles. The third-order valence-electron chi connectivity index (χ3n) is 3.90. The minimum Gasteiger partial charge on any atom is -0.341 e. The molecule has 1 fully saturated rings. The first-order valence-electron chi connectivity index (χ1n) is 7.67. The summed E-state index contributed by atoms with van der Waals surface area (Å²) < 4.78 is 0. The fourth-order valence-electron chi connectivity index (χ4n) is 2.44. The number of nitrogens with one attached hydrogen (secondary N) is 1. The Labute approximate surface area is 118 Å². The number of amides is 1. The Morgan fingerprint density at radius 2 is 2.00 bits per heavy atom. The van der Waals surface area contributed by atoms with Gasteiger partial charge in [0.25, 0.3) is 0 Å². The molecule has 1 amide bonds. The molecule has 0 aromatic rings. The van der Waals surface area contributed by atoms with E-state index in [9.17, 15) is 4.79 Å². The van der Waals surface area contributed by atoms with Gasteiger partial charge < -0.3 is 15.1 Å². The zero-order valence-corrected chi connectivity index (χ0v) is 13.3. The molecule has 0 saturated carbocycles. The molecule has 0 aromatic carbocycles. The number of likely N-dealkylation sites (tertiary alicyclic amines) is 1. The molecule has 19 heavy (non-hydrogen) atoms. The highest BCUT2D eigenvalue weighted by Gasteiger charge is 2.30. The second-order valence-electron chi connectivity index (χ2n) is 6.27. The van der Waals surface area contributed by atoms with Gasteiger partial charge >= 0.3 is 0 Å². The Morgan fingerprint density at radius 3 is 2.58 bits per heavy atom. The number of hydrogen-bond donors (Lipinski definition) is 1. The van der Waals surface area contributed by atoms with Crippen molar-refractivity contribution in [3.05, 3.63) is 0 Å². The quantitative estimate of drug-likeness (QED) is 0.681. The number of hydrogen-bond acceptors (Lipinski definition) is 3. The van der Waals surface area contributed by atoms with Crippen molar-refractivity contribution in [3.8, 4) is 0 Å². The summed E-state index contributed by atoms with van der Waals surface area (Å²) in [5.74, 6) is 0.297. The lowest BCUT2D eigenvalue weighted by Crippen LogP contribution is -2.41. The van der Waals surface area contributed by atoms with Crippen LogP contribution in [0.5, 0.6) is 0 Å². The zero-order chi connectivity index (χ0) is 14.4. The molecule has 0 radical (unpaired) electrons. The van der Waals surface area contributed by atoms with Crippen LogP contribution in [0.4, 0.5) is 0 Å². The molecule has 4 nitrogen and oxygen atoms in total. The van der Waals surface area contributed by atoms with E-state index in [0.717, 1.165) is 32.5 Å². The highest BCUT2D eigenvalue weighted by atomic mass is 16.2. The fraction of sp³-hybridized carbons (Fsp3) is 0.933. The second kappa shape index (κ2) is 7.85. The molecular formula is C15H31N3O. The molecule has 1 heterocycles. The number of rotatable bonds is 8. The van der Waals surface area contributed by atoms with Crippen LogP contribution >= 0.6 is 0 Å². The SMILES string of the molecule is CC(C)NC1CCN(CCCCN(C)C(C)C)C1=O. The van der Waals surface area contributed by atoms with Crippen molar-refractivity contribution in [1.29, 1.82) is 0 Å². The number of unbranched alkanes of at least 4 members (excludes halogenated alkanes) is 1. The first-order chi connectivity index (χ1) is 8.91. The van der Waals surface area contributed by atoms with Crippen molar-refractivity contribution >= 4 is 5.91 Å². The van der Waals surface area contributed by atoms with Crippen molar-refractivity contribution in [2.24, 2.45) is 0 Å². The van der Waals surface area contributed by atoms with Gasteiger partial charge in [0, 0.05) is 25.2 Å². The Bertz CT molecular complexity index is 279. The summed E-state index contributed by atoms with van der Waals surface area (Å²) in [7, 11) is 2.16. The second-order valence-corrected chi connectivity index (χ2v) is 6.27. The average molecular weight is 269 g/mol. The molecule has 0 spiro atoms. The van der Waals surface area contributed by atoms with Gasteiger partial charge in [-0.2, -0.15) is 0 Å². The van der Waals surface area contributed by atoms with Crippen LogP contribution in [-0.4, -0.2) is 60.5 Å². The molecule has 4 heteroatoms. The van der Waals surface area contributed by atoms with Crippen LogP contribution in [0, 0.1) is 0 Å². The van der Waals surface area contributed by atoms with E-state index in [0.29, 0.717) is 18.0 Å². The van der Waals surface area contributed by atoms with Crippen molar-refractivity contribution < 1.29 is 4.79 Å². The zero-order valence-electron chi connectivity index (χ0n) is 13.3. The van der Waals surface area contributed by atoms with E-state index in [1.54, 1.807) is 0 Å². The van der Waals surface area contributed by atoms with E-state index in [4.69, 9.17) is 0 Å². The van der Waals surface area contributed by atoms with E-state index in [1.165, 1.54) is 6.42 Å². The van der Waals surface area contributed by atoms with Crippen molar-refractivity contribution in [1.82, 2.24) is 15.1 Å². The smallest absolute Gasteiger partial charge is 0.239 e. The third-order valence-corrected chi connectivity index (χ3v) is 3.90. The van der Waals surface area contributed by atoms with Gasteiger partial charge in [0.15, 0.2) is 0 Å². The summed E-state index contributed by atoms with van der Waals surface area (Å²) >= 11 is 0. The summed E-state index contributed by atoms with van der Waals surface area (Å²) in [5.41, 5.74) is 0. The van der Waals surface area contributed by atoms with Crippen LogP contribution in [0.2, 0.25) is 0 Å². The van der Waals surface area contributed by atoms with Crippen LogP contribution in [0.15, 0.2) is 0 Å². The summed E-state index contributed by atoms with van der Waals surface area (Å²) in [6, 6.07) is 1.04. The Morgan fingerprint density at radius 1 is 1.32 bits per heavy atom. The maximum Gasteiger partial charge on any atom is 0.239 e. The highest BCUT2D eigenvalue weighted by Crippen LogP contribution is 2.13. The average Bonchev–Trinajstić information content (AvgIpc) is 2.65. The van der Waals surface area contributed by atoms with Crippen molar-refractivity contribution in [3.63, 3.8) is 0 Å². The van der Waals surface area contributed by atoms with Crippen molar-refractivity contribution in [2.75, 3.05) is 26.7 Å². The van der Waals surface area contributed by atoms with Gasteiger partial charge in [0.1, 0.15) is 0 Å². The lowest BCUT2D eigenvalue weighted by atomic mass is 10.2. The standard InChI is InChI=1S/C15H31N3O/c1-12(2)16-14-8-11-18(15(14)19)10-7-6-9-17(5)13(3)4/h12-14,16H,6-11H2,1-5H3. The maximum absolute atomic E-state index is 12.1. The molecule has 1 rings (SSSR count). The molecule has 1 aliphatic rings. The highest BCUT2D eigenvalue weighted by molar-refractivity contribution is 5.83. The van der Waals surface area contributed by atoms with Gasteiger partial charge in [0.05, 0.1) is 6.04 Å². The molecule has 1 unspecified atom stereocenters. The van der Waals surface area contributed by atoms with E-state index in [-0.39, 0.29) is 6.04 Å². The van der Waals surface area contributed by atoms with Gasteiger partial charge in [0.2, 0.25) is 5.91 Å². The summed E-state index contributed by atoms with van der Waals surface area (Å²) in [4.78, 5) is 16.5. The van der Waals surface area contributed by atoms with Gasteiger partial charge in [-0.3, -0.25) is 4.79 Å². The van der Waals surface area contributed by atoms with E-state index < -0.39 is 0 Å². The van der Waals surface area contributed by atoms with Gasteiger partial charge in [-0.05, 0) is 46.7 Å². The minimum atomic E-state index is 0.0540. The first-order valence-corrected chi connectivity index (χ1v) is 7.67. The Hall–Kier alpha value is -0.610. The summed E-state index contributed by atoms with van der Waals surface area (Å²) in [6.45, 7) is 11.6. The molecule has 1 atom stereocenters. The molecule has 0 bridgehead atoms. The molecule has 112 valence electrons. The van der Waals surface area contributed by atoms with E-state index in [1.807, 2.05) is 4.90 Å². The van der Waals surface area contributed by atoms with Gasteiger partial charge in [-0.15, -0.1) is 0 Å². The normalized spacial score (nSPS) is 20.3. The van der Waals surface area contributed by atoms with Crippen LogP contribution in [0.1, 0.15) is 47.0 Å². The number of carbonyl (C=O) groups excluding carboxylic acids is 1. The van der Waals surface area contributed by atoms with Gasteiger partial charge in [-0.25, -0.2) is 0 Å². The third kappa shape index (κ3) is 5.49. The van der Waals surface area contributed by atoms with Crippen LogP contribution < -0.4 is 5.32 Å². The molecule has 0 aromatic heterocycles. The lowest BCUT2D eigenvalue weighted by molar-refractivity contribution is -0.129. The fourth-order valence-corrected chi connectivity index (χ4v) is 2.44. The largest absolute Gasteiger partial charge is 0.341 e. The monoisotopic (exact) mass is 269 g/mol. The maximum atomic E-state index is 12.1. The molecular weight excluding hydrogens is 238 g/mol. The minimum absolute atomic E-state index is 0.0540. The van der Waals surface area contributed by atoms with Crippen LogP contribution in [-0.2, 0) is 4.79 Å². The predicted octanol–water partition coefficient (Wildman–Crippen LogP) is 1.71. The molecule has 0 aliphatic carbocycles. The summed E-state index contributed by atoms with van der Waals surface area (Å²) in [6.07, 6.45) is 3.24. The first kappa shape index (κ1) is 16.4. The van der Waals surface area contributed by atoms with Crippen LogP contribution in [0.25, 0.3) is 0 Å². The van der Waals surface area contributed by atoms with E-state index >= 15 is 0 Å². The number of nitrogens with zero attached hydrogens (tertiary/aromatic N) is 2. The predicted molar refractivity (Wildman–Crippen MR) is 80.3 cm³/mol. The Kier molecular flexibility index (Phi) is 6.80. The number of carbonyl (C=O) groups is 1. The topological polar surface area (TPSA) is 35.6 Å². The van der Waals surface area contributed by atoms with Crippen molar-refractivity contribution in [2.45, 2.75) is 65.1 Å². The lowest BCUT2D eigenvalue weighted by Gasteiger charge is -2.22. The van der Waals surface area contributed by atoms with Crippen LogP contribution in [0.3, 0.4) is 0 Å². The van der Waals surface area contributed by atoms with E-state index in [2.05, 4.69) is 45.0 Å². The van der Waals surface area contributed by atoms with Gasteiger partial charge in [-0.1, -0.05) is 13.8 Å².